The first-order valence-electron chi connectivity index (χ1n) is 4.25. The molecule has 4 heteroatoms. The average Bonchev–Trinajstić information content (AvgIpc) is 2.16. The highest BCUT2D eigenvalue weighted by Crippen LogP contribution is 2.23. The van der Waals surface area contributed by atoms with Crippen molar-refractivity contribution in [2.75, 3.05) is 12.8 Å². The summed E-state index contributed by atoms with van der Waals surface area (Å²) in [5.41, 5.74) is 7.13. The molecule has 0 amide bonds. The molecule has 2 N–H and O–H groups in total. The van der Waals surface area contributed by atoms with Gasteiger partial charge in [0.2, 0.25) is 0 Å². The highest BCUT2D eigenvalue weighted by atomic mass is 35.5. The SMILES string of the molecule is COC(=O)CCc1c(N)cccc1Cl. The minimum atomic E-state index is -0.260. The molecular weight excluding hydrogens is 202 g/mol. The zero-order chi connectivity index (χ0) is 10.6. The fourth-order valence-corrected chi connectivity index (χ4v) is 1.44. The van der Waals surface area contributed by atoms with E-state index in [1.165, 1.54) is 7.11 Å². The molecule has 0 fully saturated rings. The second-order valence-electron chi connectivity index (χ2n) is 2.88. The van der Waals surface area contributed by atoms with Crippen molar-refractivity contribution in [2.24, 2.45) is 0 Å². The van der Waals surface area contributed by atoms with E-state index in [4.69, 9.17) is 17.3 Å². The van der Waals surface area contributed by atoms with Crippen LogP contribution in [0, 0.1) is 0 Å². The molecule has 3 nitrogen and oxygen atoms in total. The van der Waals surface area contributed by atoms with Crippen molar-refractivity contribution in [3.05, 3.63) is 28.8 Å². The molecule has 1 aromatic rings. The Hall–Kier alpha value is -1.22. The van der Waals surface area contributed by atoms with Crippen LogP contribution in [0.25, 0.3) is 0 Å². The molecule has 0 aliphatic rings. The molecule has 0 radical (unpaired) electrons. The van der Waals surface area contributed by atoms with Crippen LogP contribution in [0.4, 0.5) is 5.69 Å². The van der Waals surface area contributed by atoms with Crippen LogP contribution in [0.2, 0.25) is 5.02 Å². The monoisotopic (exact) mass is 213 g/mol. The number of nitrogens with two attached hydrogens (primary N) is 1. The fourth-order valence-electron chi connectivity index (χ4n) is 1.17. The van der Waals surface area contributed by atoms with Crippen LogP contribution in [-0.4, -0.2) is 13.1 Å². The molecule has 0 saturated heterocycles. The van der Waals surface area contributed by atoms with Crippen molar-refractivity contribution >= 4 is 23.3 Å². The predicted octanol–water partition coefficient (Wildman–Crippen LogP) is 2.03. The normalized spacial score (nSPS) is 9.86. The molecule has 0 unspecified atom stereocenters. The number of carbonyl (C=O) groups is 1. The molecule has 76 valence electrons. The Balaban J connectivity index is 2.71. The van der Waals surface area contributed by atoms with Crippen molar-refractivity contribution in [3.8, 4) is 0 Å². The lowest BCUT2D eigenvalue weighted by molar-refractivity contribution is -0.140. The van der Waals surface area contributed by atoms with Crippen LogP contribution < -0.4 is 5.73 Å². The quantitative estimate of drug-likeness (QED) is 0.618. The van der Waals surface area contributed by atoms with Gasteiger partial charge in [-0.3, -0.25) is 4.79 Å². The lowest BCUT2D eigenvalue weighted by Crippen LogP contribution is -2.04. The number of benzene rings is 1. The highest BCUT2D eigenvalue weighted by molar-refractivity contribution is 6.31. The summed E-state index contributed by atoms with van der Waals surface area (Å²) in [6, 6.07) is 5.29. The standard InChI is InChI=1S/C10H12ClNO2/c1-14-10(13)6-5-7-8(11)3-2-4-9(7)12/h2-4H,5-6,12H2,1H3. The third-order valence-electron chi connectivity index (χ3n) is 1.96. The predicted molar refractivity (Wildman–Crippen MR) is 56.2 cm³/mol. The van der Waals surface area contributed by atoms with Crippen LogP contribution in [0.1, 0.15) is 12.0 Å². The van der Waals surface area contributed by atoms with Crippen molar-refractivity contribution in [2.45, 2.75) is 12.8 Å². The number of hydrogen-bond donors (Lipinski definition) is 1. The van der Waals surface area contributed by atoms with Gasteiger partial charge in [-0.25, -0.2) is 0 Å². The zero-order valence-corrected chi connectivity index (χ0v) is 8.67. The van der Waals surface area contributed by atoms with Gasteiger partial charge in [-0.1, -0.05) is 17.7 Å². The molecule has 0 heterocycles. The minimum Gasteiger partial charge on any atom is -0.469 e. The number of rotatable bonds is 3. The van der Waals surface area contributed by atoms with E-state index in [0.29, 0.717) is 23.6 Å². The minimum absolute atomic E-state index is 0.260. The summed E-state index contributed by atoms with van der Waals surface area (Å²) in [5, 5.41) is 0.592. The van der Waals surface area contributed by atoms with Crippen molar-refractivity contribution in [3.63, 3.8) is 0 Å². The Bertz CT molecular complexity index is 319. The second-order valence-corrected chi connectivity index (χ2v) is 3.29. The lowest BCUT2D eigenvalue weighted by Gasteiger charge is -2.06. The maximum atomic E-state index is 10.9. The van der Waals surface area contributed by atoms with E-state index >= 15 is 0 Å². The number of esters is 1. The van der Waals surface area contributed by atoms with E-state index in [2.05, 4.69) is 4.74 Å². The Kier molecular flexibility index (Phi) is 3.77. The van der Waals surface area contributed by atoms with E-state index in [-0.39, 0.29) is 5.97 Å². The Labute approximate surface area is 87.8 Å². The first-order valence-corrected chi connectivity index (χ1v) is 4.62. The summed E-state index contributed by atoms with van der Waals surface area (Å²) in [6.07, 6.45) is 0.808. The molecule has 14 heavy (non-hydrogen) atoms. The smallest absolute Gasteiger partial charge is 0.305 e. The average molecular weight is 214 g/mol. The largest absolute Gasteiger partial charge is 0.469 e. The van der Waals surface area contributed by atoms with Crippen molar-refractivity contribution < 1.29 is 9.53 Å². The summed E-state index contributed by atoms with van der Waals surface area (Å²) in [5.74, 6) is -0.260. The number of carbonyl (C=O) groups excluding carboxylic acids is 1. The highest BCUT2D eigenvalue weighted by Gasteiger charge is 2.07. The molecule has 0 saturated carbocycles. The van der Waals surface area contributed by atoms with Crippen LogP contribution in [0.3, 0.4) is 0 Å². The molecule has 0 aromatic heterocycles. The van der Waals surface area contributed by atoms with E-state index in [0.717, 1.165) is 5.56 Å². The molecular formula is C10H12ClNO2. The van der Waals surface area contributed by atoms with E-state index in [1.54, 1.807) is 18.2 Å². The van der Waals surface area contributed by atoms with Crippen molar-refractivity contribution in [1.29, 1.82) is 0 Å². The summed E-state index contributed by atoms with van der Waals surface area (Å²) in [7, 11) is 1.36. The van der Waals surface area contributed by atoms with Gasteiger partial charge in [-0.2, -0.15) is 0 Å². The maximum Gasteiger partial charge on any atom is 0.305 e. The molecule has 0 aliphatic carbocycles. The number of hydrogen-bond acceptors (Lipinski definition) is 3. The Morgan fingerprint density at radius 2 is 2.29 bits per heavy atom. The van der Waals surface area contributed by atoms with E-state index < -0.39 is 0 Å². The molecule has 0 atom stereocenters. The summed E-state index contributed by atoms with van der Waals surface area (Å²) >= 11 is 5.92. The Morgan fingerprint density at radius 1 is 1.57 bits per heavy atom. The molecule has 0 aliphatic heterocycles. The van der Waals surface area contributed by atoms with Gasteiger partial charge >= 0.3 is 5.97 Å². The van der Waals surface area contributed by atoms with E-state index in [9.17, 15) is 4.79 Å². The first kappa shape index (κ1) is 10.9. The topological polar surface area (TPSA) is 52.3 Å². The number of methoxy groups -OCH3 is 1. The first-order chi connectivity index (χ1) is 6.65. The van der Waals surface area contributed by atoms with Gasteiger partial charge in [0, 0.05) is 17.1 Å². The molecule has 0 spiro atoms. The number of nitrogen functional groups attached to an aromatic ring is 1. The van der Waals surface area contributed by atoms with Crippen LogP contribution >= 0.6 is 11.6 Å². The number of halogens is 1. The van der Waals surface area contributed by atoms with Crippen LogP contribution in [0.5, 0.6) is 0 Å². The summed E-state index contributed by atoms with van der Waals surface area (Å²) in [6.45, 7) is 0. The van der Waals surface area contributed by atoms with Gasteiger partial charge in [0.05, 0.1) is 7.11 Å². The zero-order valence-electron chi connectivity index (χ0n) is 7.92. The lowest BCUT2D eigenvalue weighted by atomic mass is 10.1. The number of ether oxygens (including phenoxy) is 1. The third kappa shape index (κ3) is 2.64. The van der Waals surface area contributed by atoms with Gasteiger partial charge < -0.3 is 10.5 Å². The van der Waals surface area contributed by atoms with Gasteiger partial charge in [0.1, 0.15) is 0 Å². The molecule has 1 rings (SSSR count). The van der Waals surface area contributed by atoms with Gasteiger partial charge in [0.25, 0.3) is 0 Å². The fraction of sp³-hybridized carbons (Fsp3) is 0.300. The van der Waals surface area contributed by atoms with Crippen molar-refractivity contribution in [1.82, 2.24) is 0 Å². The van der Waals surface area contributed by atoms with E-state index in [1.807, 2.05) is 0 Å². The Morgan fingerprint density at radius 3 is 2.86 bits per heavy atom. The molecule has 1 aromatic carbocycles. The molecule has 0 bridgehead atoms. The van der Waals surface area contributed by atoms with Gasteiger partial charge in [-0.15, -0.1) is 0 Å². The van der Waals surface area contributed by atoms with Gasteiger partial charge in [0.15, 0.2) is 0 Å². The number of anilines is 1. The summed E-state index contributed by atoms with van der Waals surface area (Å²) in [4.78, 5) is 10.9. The summed E-state index contributed by atoms with van der Waals surface area (Å²) < 4.78 is 4.53. The van der Waals surface area contributed by atoms with Crippen LogP contribution in [-0.2, 0) is 16.0 Å². The maximum absolute atomic E-state index is 10.9. The second kappa shape index (κ2) is 4.86. The van der Waals surface area contributed by atoms with Crippen LogP contribution in [0.15, 0.2) is 18.2 Å². The van der Waals surface area contributed by atoms with Gasteiger partial charge in [-0.05, 0) is 24.1 Å². The third-order valence-corrected chi connectivity index (χ3v) is 2.32.